The number of aliphatic imine (C=N–C) groups is 1. The number of aryl methyl sites for hydroxylation is 1. The predicted octanol–water partition coefficient (Wildman–Crippen LogP) is 4.53. The molecule has 0 saturated carbocycles. The third-order valence-electron chi connectivity index (χ3n) is 4.87. The third kappa shape index (κ3) is 7.33. The van der Waals surface area contributed by atoms with Crippen LogP contribution in [0.15, 0.2) is 53.7 Å². The minimum absolute atomic E-state index is 0. The van der Waals surface area contributed by atoms with Crippen LogP contribution in [-0.2, 0) is 6.42 Å². The van der Waals surface area contributed by atoms with Gasteiger partial charge in [-0.15, -0.1) is 24.0 Å². The second-order valence-corrected chi connectivity index (χ2v) is 7.22. The summed E-state index contributed by atoms with van der Waals surface area (Å²) < 4.78 is 28.8. The summed E-state index contributed by atoms with van der Waals surface area (Å²) in [6, 6.07) is 12.3. The number of ether oxygens (including phenoxy) is 1. The van der Waals surface area contributed by atoms with Gasteiger partial charge in [-0.05, 0) is 55.2 Å². The van der Waals surface area contributed by atoms with Crippen LogP contribution >= 0.6 is 24.0 Å². The van der Waals surface area contributed by atoms with Crippen molar-refractivity contribution in [1.82, 2.24) is 15.6 Å². The Kier molecular flexibility index (Phi) is 10.2. The second-order valence-electron chi connectivity index (χ2n) is 7.22. The number of hydrogen-bond acceptors (Lipinski definition) is 3. The van der Waals surface area contributed by atoms with E-state index in [2.05, 4.69) is 50.5 Å². The lowest BCUT2D eigenvalue weighted by Crippen LogP contribution is -2.38. The molecule has 0 aliphatic rings. The molecule has 0 amide bonds. The lowest BCUT2D eigenvalue weighted by molar-refractivity contribution is -0.0498. The van der Waals surface area contributed by atoms with Crippen molar-refractivity contribution in [2.45, 2.75) is 33.0 Å². The number of aliphatic hydroxyl groups is 1. The van der Waals surface area contributed by atoms with Gasteiger partial charge in [0.15, 0.2) is 5.96 Å². The van der Waals surface area contributed by atoms with Crippen molar-refractivity contribution in [3.8, 4) is 5.75 Å². The average Bonchev–Trinajstić information content (AvgIpc) is 3.13. The van der Waals surface area contributed by atoms with Crippen LogP contribution in [0.3, 0.4) is 0 Å². The number of fused-ring (bicyclic) bond motifs is 1. The minimum atomic E-state index is -2.87. The van der Waals surface area contributed by atoms with Gasteiger partial charge in [0.05, 0.1) is 12.6 Å². The molecule has 0 radical (unpaired) electrons. The maximum absolute atomic E-state index is 12.2. The van der Waals surface area contributed by atoms with E-state index in [9.17, 15) is 13.9 Å². The Labute approximate surface area is 203 Å². The molecule has 174 valence electrons. The Morgan fingerprint density at radius 2 is 1.91 bits per heavy atom. The number of benzene rings is 2. The third-order valence-corrected chi connectivity index (χ3v) is 4.87. The van der Waals surface area contributed by atoms with Crippen LogP contribution in [0.2, 0.25) is 0 Å². The molecule has 0 spiro atoms. The number of aromatic nitrogens is 1. The molecule has 0 saturated heterocycles. The zero-order valence-corrected chi connectivity index (χ0v) is 20.4. The van der Waals surface area contributed by atoms with Gasteiger partial charge in [0, 0.05) is 30.2 Å². The Bertz CT molecular complexity index is 1010. The van der Waals surface area contributed by atoms with Gasteiger partial charge in [0.2, 0.25) is 0 Å². The lowest BCUT2D eigenvalue weighted by Gasteiger charge is -2.14. The van der Waals surface area contributed by atoms with Gasteiger partial charge in [0.25, 0.3) is 0 Å². The van der Waals surface area contributed by atoms with Gasteiger partial charge in [-0.3, -0.25) is 4.99 Å². The molecule has 0 fully saturated rings. The van der Waals surface area contributed by atoms with Gasteiger partial charge >= 0.3 is 6.61 Å². The normalized spacial score (nSPS) is 12.5. The first-order chi connectivity index (χ1) is 15.0. The van der Waals surface area contributed by atoms with E-state index in [1.807, 2.05) is 13.1 Å². The highest BCUT2D eigenvalue weighted by molar-refractivity contribution is 14.0. The molecule has 1 unspecified atom stereocenters. The first-order valence-corrected chi connectivity index (χ1v) is 10.3. The topological polar surface area (TPSA) is 81.7 Å². The average molecular weight is 558 g/mol. The van der Waals surface area contributed by atoms with Crippen molar-refractivity contribution >= 4 is 40.8 Å². The van der Waals surface area contributed by atoms with Crippen LogP contribution in [0.25, 0.3) is 10.9 Å². The Morgan fingerprint density at radius 3 is 2.59 bits per heavy atom. The molecule has 32 heavy (non-hydrogen) atoms. The zero-order valence-electron chi connectivity index (χ0n) is 18.1. The first kappa shape index (κ1) is 25.9. The number of aliphatic hydroxyl groups excluding tert-OH is 1. The van der Waals surface area contributed by atoms with E-state index >= 15 is 0 Å². The molecular weight excluding hydrogens is 529 g/mol. The van der Waals surface area contributed by atoms with Crippen molar-refractivity contribution in [2.24, 2.45) is 4.99 Å². The maximum Gasteiger partial charge on any atom is 0.387 e. The molecule has 1 atom stereocenters. The molecule has 2 aromatic carbocycles. The van der Waals surface area contributed by atoms with Gasteiger partial charge < -0.3 is 25.5 Å². The van der Waals surface area contributed by atoms with Gasteiger partial charge in [-0.2, -0.15) is 8.78 Å². The number of rotatable bonds is 9. The van der Waals surface area contributed by atoms with Crippen molar-refractivity contribution in [1.29, 1.82) is 0 Å². The second kappa shape index (κ2) is 12.6. The highest BCUT2D eigenvalue weighted by Gasteiger charge is 2.10. The summed E-state index contributed by atoms with van der Waals surface area (Å²) >= 11 is 0. The standard InChI is InChI=1S/C23H28F2N4O2.HI/c1-3-26-23(27-11-10-17-13-28-20-12-15(2)4-9-19(17)20)29-14-21(30)16-5-7-18(8-6-16)31-22(24)25;/h4-9,12-13,21-22,28,30H,3,10-11,14H2,1-2H3,(H2,26,27,29);1H. The fourth-order valence-corrected chi connectivity index (χ4v) is 3.32. The summed E-state index contributed by atoms with van der Waals surface area (Å²) in [4.78, 5) is 7.75. The van der Waals surface area contributed by atoms with E-state index in [-0.39, 0.29) is 36.3 Å². The highest BCUT2D eigenvalue weighted by Crippen LogP contribution is 2.20. The zero-order chi connectivity index (χ0) is 22.2. The van der Waals surface area contributed by atoms with E-state index in [1.165, 1.54) is 28.6 Å². The molecule has 3 aromatic rings. The van der Waals surface area contributed by atoms with E-state index in [1.54, 1.807) is 12.1 Å². The van der Waals surface area contributed by atoms with Crippen LogP contribution in [0, 0.1) is 6.92 Å². The molecule has 4 N–H and O–H groups in total. The summed E-state index contributed by atoms with van der Waals surface area (Å²) in [5.74, 6) is 0.659. The van der Waals surface area contributed by atoms with E-state index < -0.39 is 12.7 Å². The summed E-state index contributed by atoms with van der Waals surface area (Å²) in [6.45, 7) is 2.67. The molecule has 0 bridgehead atoms. The number of H-pyrrole nitrogens is 1. The monoisotopic (exact) mass is 558 g/mol. The number of hydrogen-bond donors (Lipinski definition) is 4. The number of alkyl halides is 2. The number of nitrogens with zero attached hydrogens (tertiary/aromatic N) is 1. The van der Waals surface area contributed by atoms with Crippen molar-refractivity contribution in [2.75, 3.05) is 19.6 Å². The number of aromatic amines is 1. The fraction of sp³-hybridized carbons (Fsp3) is 0.348. The van der Waals surface area contributed by atoms with Crippen molar-refractivity contribution in [3.63, 3.8) is 0 Å². The number of guanidine groups is 1. The summed E-state index contributed by atoms with van der Waals surface area (Å²) in [7, 11) is 0. The lowest BCUT2D eigenvalue weighted by atomic mass is 10.1. The molecule has 3 rings (SSSR count). The largest absolute Gasteiger partial charge is 0.435 e. The molecule has 1 heterocycles. The number of halogens is 3. The van der Waals surface area contributed by atoms with Gasteiger partial charge in [0.1, 0.15) is 5.75 Å². The van der Waals surface area contributed by atoms with E-state index in [0.717, 1.165) is 11.9 Å². The Morgan fingerprint density at radius 1 is 1.16 bits per heavy atom. The summed E-state index contributed by atoms with van der Waals surface area (Å²) in [5.41, 5.74) is 4.15. The maximum atomic E-state index is 12.2. The smallest absolute Gasteiger partial charge is 0.387 e. The quantitative estimate of drug-likeness (QED) is 0.177. The fourth-order valence-electron chi connectivity index (χ4n) is 3.32. The molecular formula is C23H29F2IN4O2. The molecule has 0 aliphatic heterocycles. The van der Waals surface area contributed by atoms with Gasteiger partial charge in [-0.1, -0.05) is 24.3 Å². The Hall–Kier alpha value is -2.40. The number of nitrogens with one attached hydrogen (secondary N) is 3. The van der Waals surface area contributed by atoms with Crippen molar-refractivity contribution < 1.29 is 18.6 Å². The molecule has 6 nitrogen and oxygen atoms in total. The van der Waals surface area contributed by atoms with Crippen LogP contribution in [0.4, 0.5) is 8.78 Å². The van der Waals surface area contributed by atoms with Crippen LogP contribution in [-0.4, -0.2) is 42.3 Å². The van der Waals surface area contributed by atoms with Crippen molar-refractivity contribution in [3.05, 3.63) is 65.4 Å². The molecule has 1 aromatic heterocycles. The van der Waals surface area contributed by atoms with E-state index in [0.29, 0.717) is 24.6 Å². The van der Waals surface area contributed by atoms with Crippen LogP contribution < -0.4 is 15.4 Å². The highest BCUT2D eigenvalue weighted by atomic mass is 127. The summed E-state index contributed by atoms with van der Waals surface area (Å²) in [5, 5.41) is 18.0. The molecule has 0 aliphatic carbocycles. The Balaban J connectivity index is 0.00000363. The SMILES string of the molecule is CCNC(=NCC(O)c1ccc(OC(F)F)cc1)NCCc1c[nH]c2cc(C)ccc12.I. The molecule has 9 heteroatoms. The summed E-state index contributed by atoms with van der Waals surface area (Å²) in [6.07, 6.45) is 2.00. The van der Waals surface area contributed by atoms with Crippen LogP contribution in [0.5, 0.6) is 5.75 Å². The minimum Gasteiger partial charge on any atom is -0.435 e. The van der Waals surface area contributed by atoms with Gasteiger partial charge in [-0.25, -0.2) is 0 Å². The predicted molar refractivity (Wildman–Crippen MR) is 134 cm³/mol. The first-order valence-electron chi connectivity index (χ1n) is 10.3. The van der Waals surface area contributed by atoms with Crippen LogP contribution in [0.1, 0.15) is 29.7 Å². The van der Waals surface area contributed by atoms with E-state index in [4.69, 9.17) is 0 Å².